The summed E-state index contributed by atoms with van der Waals surface area (Å²) >= 11 is 5.91. The number of sulfonamides is 1. The van der Waals surface area contributed by atoms with E-state index in [0.717, 1.165) is 50.2 Å². The van der Waals surface area contributed by atoms with Crippen molar-refractivity contribution in [3.8, 4) is 0 Å². The average molecular weight is 491 g/mol. The first-order valence-electron chi connectivity index (χ1n) is 11.7. The zero-order chi connectivity index (χ0) is 23.3. The number of aryl methyl sites for hydroxylation is 1. The number of hydrogen-bond donors (Lipinski definition) is 0. The quantitative estimate of drug-likeness (QED) is 0.618. The van der Waals surface area contributed by atoms with Crippen LogP contribution in [0.25, 0.3) is 0 Å². The minimum Gasteiger partial charge on any atom is -0.353 e. The average Bonchev–Trinajstić information content (AvgIpc) is 3.14. The van der Waals surface area contributed by atoms with Crippen molar-refractivity contribution in [3.63, 3.8) is 0 Å². The highest BCUT2D eigenvalue weighted by atomic mass is 35.5. The number of benzene rings is 1. The van der Waals surface area contributed by atoms with Crippen molar-refractivity contribution in [1.82, 2.24) is 14.2 Å². The topological polar surface area (TPSA) is 73.8 Å². The number of halogens is 1. The highest BCUT2D eigenvalue weighted by molar-refractivity contribution is 7.89. The van der Waals surface area contributed by atoms with Gasteiger partial charge in [0.1, 0.15) is 5.82 Å². The molecule has 1 aromatic carbocycles. The number of piperazine rings is 1. The molecular weight excluding hydrogens is 460 g/mol. The van der Waals surface area contributed by atoms with Gasteiger partial charge in [-0.05, 0) is 49.1 Å². The van der Waals surface area contributed by atoms with Crippen molar-refractivity contribution < 1.29 is 13.2 Å². The molecule has 2 aliphatic heterocycles. The molecule has 4 rings (SSSR count). The first-order chi connectivity index (χ1) is 15.9. The Morgan fingerprint density at radius 1 is 0.879 bits per heavy atom. The van der Waals surface area contributed by atoms with Crippen LogP contribution in [0.2, 0.25) is 5.02 Å². The molecule has 0 unspecified atom stereocenters. The van der Waals surface area contributed by atoms with Gasteiger partial charge in [-0.25, -0.2) is 13.4 Å². The van der Waals surface area contributed by atoms with E-state index in [2.05, 4.69) is 9.88 Å². The zero-order valence-corrected chi connectivity index (χ0v) is 20.4. The Hall–Kier alpha value is -2.16. The third kappa shape index (κ3) is 6.05. The molecule has 33 heavy (non-hydrogen) atoms. The van der Waals surface area contributed by atoms with Crippen molar-refractivity contribution in [2.45, 2.75) is 43.4 Å². The first kappa shape index (κ1) is 24.0. The maximum absolute atomic E-state index is 12.9. The number of hydrogen-bond acceptors (Lipinski definition) is 5. The smallest absolute Gasteiger partial charge is 0.243 e. The highest BCUT2D eigenvalue weighted by Gasteiger charge is 2.25. The van der Waals surface area contributed by atoms with Gasteiger partial charge in [-0.2, -0.15) is 4.31 Å². The van der Waals surface area contributed by atoms with Gasteiger partial charge in [0, 0.05) is 51.9 Å². The maximum atomic E-state index is 12.9. The molecule has 0 spiro atoms. The summed E-state index contributed by atoms with van der Waals surface area (Å²) in [4.78, 5) is 21.4. The molecule has 2 aliphatic rings. The number of anilines is 1. The molecule has 2 aromatic rings. The molecule has 0 radical (unpaired) electrons. The van der Waals surface area contributed by atoms with Crippen molar-refractivity contribution in [1.29, 1.82) is 0 Å². The second-order valence-electron chi connectivity index (χ2n) is 8.66. The molecule has 9 heteroatoms. The summed E-state index contributed by atoms with van der Waals surface area (Å²) in [6.07, 6.45) is 6.67. The van der Waals surface area contributed by atoms with Crippen LogP contribution in [0.15, 0.2) is 47.5 Å². The summed E-state index contributed by atoms with van der Waals surface area (Å²) in [5.74, 6) is 1.00. The summed E-state index contributed by atoms with van der Waals surface area (Å²) in [6.45, 7) is 4.00. The van der Waals surface area contributed by atoms with Gasteiger partial charge in [0.15, 0.2) is 0 Å². The van der Waals surface area contributed by atoms with Crippen LogP contribution >= 0.6 is 11.6 Å². The van der Waals surface area contributed by atoms with E-state index in [1.165, 1.54) is 0 Å². The number of amides is 1. The Morgan fingerprint density at radius 2 is 1.55 bits per heavy atom. The Balaban J connectivity index is 1.27. The predicted molar refractivity (Wildman–Crippen MR) is 130 cm³/mol. The number of nitrogens with zero attached hydrogens (tertiary/aromatic N) is 4. The van der Waals surface area contributed by atoms with Crippen LogP contribution in [-0.2, 0) is 21.2 Å². The number of rotatable bonds is 6. The van der Waals surface area contributed by atoms with Gasteiger partial charge in [0.05, 0.1) is 9.92 Å². The number of aromatic nitrogens is 1. The second-order valence-corrected chi connectivity index (χ2v) is 11.0. The van der Waals surface area contributed by atoms with E-state index < -0.39 is 10.0 Å². The maximum Gasteiger partial charge on any atom is 0.243 e. The molecular formula is C24H31ClN4O3S. The molecule has 178 valence electrons. The molecule has 1 aromatic heterocycles. The molecule has 1 amide bonds. The lowest BCUT2D eigenvalue weighted by Gasteiger charge is -2.35. The first-order valence-corrected chi connectivity index (χ1v) is 13.5. The van der Waals surface area contributed by atoms with Crippen molar-refractivity contribution in [2.75, 3.05) is 44.2 Å². The van der Waals surface area contributed by atoms with Gasteiger partial charge in [0.25, 0.3) is 0 Å². The SMILES string of the molecule is O=C(CCc1ccc(S(=O)(=O)N2CCCCCC2)cc1)N1CCN(c2ccc(Cl)cn2)CC1. The molecule has 0 atom stereocenters. The van der Waals surface area contributed by atoms with Crippen molar-refractivity contribution in [3.05, 3.63) is 53.2 Å². The van der Waals surface area contributed by atoms with Gasteiger partial charge in [0.2, 0.25) is 15.9 Å². The number of pyridine rings is 1. The molecule has 0 aliphatic carbocycles. The van der Waals surface area contributed by atoms with E-state index in [1.807, 2.05) is 29.2 Å². The van der Waals surface area contributed by atoms with Crippen molar-refractivity contribution >= 4 is 33.3 Å². The van der Waals surface area contributed by atoms with Gasteiger partial charge in [-0.1, -0.05) is 36.6 Å². The Labute approximate surface area is 201 Å². The predicted octanol–water partition coefficient (Wildman–Crippen LogP) is 3.58. The van der Waals surface area contributed by atoms with E-state index in [1.54, 1.807) is 22.6 Å². The van der Waals surface area contributed by atoms with E-state index in [0.29, 0.717) is 48.9 Å². The van der Waals surface area contributed by atoms with Gasteiger partial charge < -0.3 is 9.80 Å². The normalized spacial score (nSPS) is 18.2. The molecule has 2 saturated heterocycles. The van der Waals surface area contributed by atoms with Gasteiger partial charge in [-0.15, -0.1) is 0 Å². The third-order valence-corrected chi connectivity index (χ3v) is 8.56. The van der Waals surface area contributed by atoms with E-state index in [9.17, 15) is 13.2 Å². The molecule has 3 heterocycles. The molecule has 0 saturated carbocycles. The lowest BCUT2D eigenvalue weighted by molar-refractivity contribution is -0.131. The fourth-order valence-electron chi connectivity index (χ4n) is 4.41. The van der Waals surface area contributed by atoms with Crippen LogP contribution in [0.3, 0.4) is 0 Å². The van der Waals surface area contributed by atoms with Gasteiger partial charge >= 0.3 is 0 Å². The number of carbonyl (C=O) groups excluding carboxylic acids is 1. The number of carbonyl (C=O) groups is 1. The van der Waals surface area contributed by atoms with Gasteiger partial charge in [-0.3, -0.25) is 4.79 Å². The molecule has 0 N–H and O–H groups in total. The van der Waals surface area contributed by atoms with Crippen LogP contribution in [0.4, 0.5) is 5.82 Å². The van der Waals surface area contributed by atoms with E-state index >= 15 is 0 Å². The standard InChI is InChI=1S/C24H31ClN4O3S/c25-21-8-11-23(26-19-21)27-15-17-28(18-16-27)24(30)12-7-20-5-9-22(10-6-20)33(31,32)29-13-3-1-2-4-14-29/h5-6,8-11,19H,1-4,7,12-18H2. The summed E-state index contributed by atoms with van der Waals surface area (Å²) in [5.41, 5.74) is 0.974. The fourth-order valence-corrected chi connectivity index (χ4v) is 6.04. The lowest BCUT2D eigenvalue weighted by atomic mass is 10.1. The van der Waals surface area contributed by atoms with E-state index in [-0.39, 0.29) is 5.91 Å². The minimum absolute atomic E-state index is 0.125. The lowest BCUT2D eigenvalue weighted by Crippen LogP contribution is -2.49. The zero-order valence-electron chi connectivity index (χ0n) is 18.8. The van der Waals surface area contributed by atoms with E-state index in [4.69, 9.17) is 11.6 Å². The summed E-state index contributed by atoms with van der Waals surface area (Å²) < 4.78 is 27.4. The van der Waals surface area contributed by atoms with Crippen LogP contribution in [-0.4, -0.2) is 67.8 Å². The molecule has 7 nitrogen and oxygen atoms in total. The Morgan fingerprint density at radius 3 is 2.15 bits per heavy atom. The summed E-state index contributed by atoms with van der Waals surface area (Å²) in [5, 5.41) is 0.611. The fraction of sp³-hybridized carbons (Fsp3) is 0.500. The minimum atomic E-state index is -3.44. The summed E-state index contributed by atoms with van der Waals surface area (Å²) in [6, 6.07) is 10.8. The van der Waals surface area contributed by atoms with Crippen LogP contribution in [0.1, 0.15) is 37.7 Å². The Kier molecular flexibility index (Phi) is 7.88. The van der Waals surface area contributed by atoms with Crippen LogP contribution < -0.4 is 4.90 Å². The Bertz CT molecular complexity index is 1030. The second kappa shape index (κ2) is 10.8. The van der Waals surface area contributed by atoms with Crippen LogP contribution in [0, 0.1) is 0 Å². The largest absolute Gasteiger partial charge is 0.353 e. The highest BCUT2D eigenvalue weighted by Crippen LogP contribution is 2.21. The summed E-state index contributed by atoms with van der Waals surface area (Å²) in [7, 11) is -3.44. The molecule has 0 bridgehead atoms. The van der Waals surface area contributed by atoms with Crippen LogP contribution in [0.5, 0.6) is 0 Å². The van der Waals surface area contributed by atoms with Crippen molar-refractivity contribution in [2.24, 2.45) is 0 Å². The third-order valence-electron chi connectivity index (χ3n) is 6.42. The molecule has 2 fully saturated rings. The monoisotopic (exact) mass is 490 g/mol.